The van der Waals surface area contributed by atoms with Crippen LogP contribution in [-0.4, -0.2) is 18.9 Å². The molecule has 2 amide bonds. The summed E-state index contributed by atoms with van der Waals surface area (Å²) in [5.41, 5.74) is 2.32. The lowest BCUT2D eigenvalue weighted by atomic mass is 10.0. The number of hydrogen-bond acceptors (Lipinski definition) is 4. The molecule has 7 heteroatoms. The first-order valence-electron chi connectivity index (χ1n) is 9.46. The largest absolute Gasteiger partial charge is 0.495 e. The number of amides is 2. The van der Waals surface area contributed by atoms with E-state index in [-0.39, 0.29) is 22.0 Å². The van der Waals surface area contributed by atoms with Crippen LogP contribution in [-0.2, 0) is 9.59 Å². The third-order valence-electron chi connectivity index (χ3n) is 4.92. The molecule has 1 N–H and O–H groups in total. The Bertz CT molecular complexity index is 1220. The van der Waals surface area contributed by atoms with Gasteiger partial charge in [-0.15, -0.1) is 0 Å². The Kier molecular flexibility index (Phi) is 5.48. The van der Waals surface area contributed by atoms with Gasteiger partial charge >= 0.3 is 0 Å². The van der Waals surface area contributed by atoms with Crippen LogP contribution < -0.4 is 15.0 Å². The minimum Gasteiger partial charge on any atom is -0.495 e. The van der Waals surface area contributed by atoms with Crippen molar-refractivity contribution in [3.8, 4) is 5.75 Å². The molecule has 4 rings (SSSR count). The zero-order chi connectivity index (χ0) is 22.1. The fourth-order valence-corrected chi connectivity index (χ4v) is 3.66. The van der Waals surface area contributed by atoms with E-state index in [4.69, 9.17) is 16.3 Å². The molecule has 1 aliphatic rings. The van der Waals surface area contributed by atoms with Gasteiger partial charge in [0.05, 0.1) is 29.1 Å². The number of carbonyl (C=O) groups excluding carboxylic acids is 2. The van der Waals surface area contributed by atoms with Crippen LogP contribution in [0.2, 0.25) is 5.02 Å². The summed E-state index contributed by atoms with van der Waals surface area (Å²) in [4.78, 5) is 27.8. The van der Waals surface area contributed by atoms with Gasteiger partial charge in [0.2, 0.25) is 0 Å². The van der Waals surface area contributed by atoms with Crippen molar-refractivity contribution in [1.29, 1.82) is 0 Å². The number of nitrogens with one attached hydrogen (secondary N) is 1. The number of imide groups is 1. The first-order chi connectivity index (χ1) is 14.9. The van der Waals surface area contributed by atoms with E-state index in [1.807, 2.05) is 19.1 Å². The highest BCUT2D eigenvalue weighted by molar-refractivity contribution is 6.48. The van der Waals surface area contributed by atoms with Gasteiger partial charge in [0.15, 0.2) is 0 Å². The zero-order valence-electron chi connectivity index (χ0n) is 16.8. The van der Waals surface area contributed by atoms with E-state index >= 15 is 0 Å². The minimum absolute atomic E-state index is 0.0560. The third-order valence-corrected chi connectivity index (χ3v) is 5.24. The van der Waals surface area contributed by atoms with Crippen molar-refractivity contribution >= 4 is 40.4 Å². The van der Waals surface area contributed by atoms with Gasteiger partial charge in [-0.1, -0.05) is 41.9 Å². The predicted molar refractivity (Wildman–Crippen MR) is 119 cm³/mol. The first kappa shape index (κ1) is 20.6. The maximum Gasteiger partial charge on any atom is 0.282 e. The van der Waals surface area contributed by atoms with Gasteiger partial charge in [-0.25, -0.2) is 9.29 Å². The maximum absolute atomic E-state index is 13.5. The summed E-state index contributed by atoms with van der Waals surface area (Å²) in [6.07, 6.45) is 0. The smallest absolute Gasteiger partial charge is 0.282 e. The monoisotopic (exact) mass is 436 g/mol. The quantitative estimate of drug-likeness (QED) is 0.559. The van der Waals surface area contributed by atoms with Gasteiger partial charge < -0.3 is 10.1 Å². The maximum atomic E-state index is 13.5. The summed E-state index contributed by atoms with van der Waals surface area (Å²) in [6.45, 7) is 1.90. The van der Waals surface area contributed by atoms with Crippen molar-refractivity contribution in [3.63, 3.8) is 0 Å². The van der Waals surface area contributed by atoms with E-state index in [0.717, 1.165) is 10.5 Å². The molecule has 0 radical (unpaired) electrons. The van der Waals surface area contributed by atoms with Crippen LogP contribution in [0.3, 0.4) is 0 Å². The van der Waals surface area contributed by atoms with Crippen molar-refractivity contribution < 1.29 is 18.7 Å². The SMILES string of the molecule is COc1ccc(C)cc1NC1=C(c2ccc(F)cc2)C(=O)N(c2ccccc2Cl)C1=O. The number of hydrogen-bond donors (Lipinski definition) is 1. The Morgan fingerprint density at radius 2 is 1.68 bits per heavy atom. The average molecular weight is 437 g/mol. The number of para-hydroxylation sites is 1. The third kappa shape index (κ3) is 3.78. The standard InChI is InChI=1S/C24H18ClFN2O3/c1-14-7-12-20(31-2)18(13-14)27-22-21(15-8-10-16(26)11-9-15)23(29)28(24(22)30)19-6-4-3-5-17(19)25/h3-13,27H,1-2H3. The molecule has 0 fully saturated rings. The minimum atomic E-state index is -0.569. The van der Waals surface area contributed by atoms with Crippen molar-refractivity contribution in [2.45, 2.75) is 6.92 Å². The number of carbonyl (C=O) groups is 2. The molecule has 1 heterocycles. The predicted octanol–water partition coefficient (Wildman–Crippen LogP) is 5.19. The Hall–Kier alpha value is -3.64. The number of benzene rings is 3. The van der Waals surface area contributed by atoms with Crippen LogP contribution in [0.1, 0.15) is 11.1 Å². The molecule has 0 bridgehead atoms. The number of rotatable bonds is 5. The lowest BCUT2D eigenvalue weighted by Crippen LogP contribution is -2.32. The molecule has 3 aromatic rings. The Balaban J connectivity index is 1.87. The van der Waals surface area contributed by atoms with Crippen LogP contribution in [0.25, 0.3) is 5.57 Å². The normalized spacial score (nSPS) is 13.7. The molecule has 0 aliphatic carbocycles. The van der Waals surface area contributed by atoms with E-state index in [1.165, 1.54) is 31.4 Å². The highest BCUT2D eigenvalue weighted by Crippen LogP contribution is 2.38. The number of methoxy groups -OCH3 is 1. The zero-order valence-corrected chi connectivity index (χ0v) is 17.5. The fourth-order valence-electron chi connectivity index (χ4n) is 3.44. The molecule has 0 atom stereocenters. The summed E-state index contributed by atoms with van der Waals surface area (Å²) in [5, 5.41) is 3.33. The lowest BCUT2D eigenvalue weighted by molar-refractivity contribution is -0.120. The van der Waals surface area contributed by atoms with Crippen molar-refractivity contribution in [1.82, 2.24) is 0 Å². The van der Waals surface area contributed by atoms with Gasteiger partial charge in [0.25, 0.3) is 11.8 Å². The van der Waals surface area contributed by atoms with Gasteiger partial charge in [-0.2, -0.15) is 0 Å². The van der Waals surface area contributed by atoms with Gasteiger partial charge in [-0.3, -0.25) is 9.59 Å². The molecule has 0 aromatic heterocycles. The Labute approximate surface area is 183 Å². The summed E-state index contributed by atoms with van der Waals surface area (Å²) >= 11 is 6.27. The first-order valence-corrected chi connectivity index (χ1v) is 9.83. The molecule has 0 saturated carbocycles. The molecule has 0 saturated heterocycles. The van der Waals surface area contributed by atoms with Crippen molar-refractivity contribution in [2.24, 2.45) is 0 Å². The molecule has 156 valence electrons. The van der Waals surface area contributed by atoms with Crippen LogP contribution in [0.4, 0.5) is 15.8 Å². The fraction of sp³-hybridized carbons (Fsp3) is 0.0833. The molecule has 31 heavy (non-hydrogen) atoms. The molecule has 0 spiro atoms. The summed E-state index contributed by atoms with van der Waals surface area (Å²) < 4.78 is 18.9. The van der Waals surface area contributed by atoms with E-state index in [9.17, 15) is 14.0 Å². The second kappa shape index (κ2) is 8.24. The van der Waals surface area contributed by atoms with Crippen LogP contribution >= 0.6 is 11.6 Å². The summed E-state index contributed by atoms with van der Waals surface area (Å²) in [6, 6.07) is 17.4. The van der Waals surface area contributed by atoms with E-state index in [2.05, 4.69) is 5.32 Å². The average Bonchev–Trinajstić information content (AvgIpc) is 2.99. The highest BCUT2D eigenvalue weighted by atomic mass is 35.5. The molecule has 0 unspecified atom stereocenters. The van der Waals surface area contributed by atoms with E-state index in [0.29, 0.717) is 17.0 Å². The number of ether oxygens (including phenoxy) is 1. The topological polar surface area (TPSA) is 58.6 Å². The number of nitrogens with zero attached hydrogens (tertiary/aromatic N) is 1. The van der Waals surface area contributed by atoms with Crippen LogP contribution in [0.5, 0.6) is 5.75 Å². The van der Waals surface area contributed by atoms with Crippen molar-refractivity contribution in [2.75, 3.05) is 17.3 Å². The second-order valence-corrected chi connectivity index (χ2v) is 7.39. The van der Waals surface area contributed by atoms with Gasteiger partial charge in [0, 0.05) is 0 Å². The van der Waals surface area contributed by atoms with Gasteiger partial charge in [0.1, 0.15) is 17.3 Å². The van der Waals surface area contributed by atoms with Crippen LogP contribution in [0.15, 0.2) is 72.4 Å². The molecule has 3 aromatic carbocycles. The highest BCUT2D eigenvalue weighted by Gasteiger charge is 2.41. The molecular weight excluding hydrogens is 419 g/mol. The molecular formula is C24H18ClFN2O3. The number of aryl methyl sites for hydroxylation is 1. The summed E-state index contributed by atoms with van der Waals surface area (Å²) in [7, 11) is 1.52. The van der Waals surface area contributed by atoms with Crippen molar-refractivity contribution in [3.05, 3.63) is 94.4 Å². The molecule has 1 aliphatic heterocycles. The number of halogens is 2. The number of anilines is 2. The summed E-state index contributed by atoms with van der Waals surface area (Å²) in [5.74, 6) is -1.06. The van der Waals surface area contributed by atoms with E-state index in [1.54, 1.807) is 30.3 Å². The van der Waals surface area contributed by atoms with E-state index < -0.39 is 17.6 Å². The van der Waals surface area contributed by atoms with Gasteiger partial charge in [-0.05, 0) is 54.4 Å². The Morgan fingerprint density at radius 1 is 0.968 bits per heavy atom. The molecule has 5 nitrogen and oxygen atoms in total. The second-order valence-electron chi connectivity index (χ2n) is 6.98. The van der Waals surface area contributed by atoms with Crippen LogP contribution in [0, 0.1) is 12.7 Å². The Morgan fingerprint density at radius 3 is 2.35 bits per heavy atom. The lowest BCUT2D eigenvalue weighted by Gasteiger charge is -2.17.